The van der Waals surface area contributed by atoms with E-state index in [1.807, 2.05) is 11.4 Å². The molecule has 0 spiro atoms. The van der Waals surface area contributed by atoms with Crippen LogP contribution in [0.5, 0.6) is 0 Å². The summed E-state index contributed by atoms with van der Waals surface area (Å²) in [7, 11) is 0. The Kier molecular flexibility index (Phi) is 4.50. The molecule has 94 valence electrons. The first kappa shape index (κ1) is 13.4. The molecule has 0 saturated heterocycles. The molecule has 1 fully saturated rings. The van der Waals surface area contributed by atoms with Crippen LogP contribution in [0, 0.1) is 0 Å². The van der Waals surface area contributed by atoms with E-state index < -0.39 is 0 Å². The van der Waals surface area contributed by atoms with Crippen molar-refractivity contribution in [1.29, 1.82) is 0 Å². The fourth-order valence-corrected chi connectivity index (χ4v) is 3.73. The van der Waals surface area contributed by atoms with Gasteiger partial charge < -0.3 is 5.32 Å². The molecule has 1 aliphatic rings. The molecule has 17 heavy (non-hydrogen) atoms. The SMILES string of the molecule is O=C(NC1(CCl)CCCCC1)c1csc(Br)c1. The standard InChI is InChI=1S/C12H15BrClNOS/c13-10-6-9(7-17-10)11(16)15-12(8-14)4-2-1-3-5-12/h6-7H,1-5,8H2,(H,15,16). The van der Waals surface area contributed by atoms with Crippen LogP contribution >= 0.6 is 38.9 Å². The van der Waals surface area contributed by atoms with Crippen LogP contribution in [0.3, 0.4) is 0 Å². The molecule has 1 N–H and O–H groups in total. The van der Waals surface area contributed by atoms with E-state index >= 15 is 0 Å². The Morgan fingerprint density at radius 2 is 2.18 bits per heavy atom. The molecule has 5 heteroatoms. The van der Waals surface area contributed by atoms with Crippen molar-refractivity contribution in [3.8, 4) is 0 Å². The van der Waals surface area contributed by atoms with Crippen molar-refractivity contribution in [3.05, 3.63) is 20.8 Å². The average molecular weight is 337 g/mol. The van der Waals surface area contributed by atoms with Crippen molar-refractivity contribution in [2.45, 2.75) is 37.6 Å². The second-order valence-corrected chi connectivity index (χ2v) is 7.13. The maximum absolute atomic E-state index is 12.1. The summed E-state index contributed by atoms with van der Waals surface area (Å²) in [5.74, 6) is 0.499. The molecule has 1 aromatic rings. The molecule has 0 aromatic carbocycles. The van der Waals surface area contributed by atoms with E-state index in [1.165, 1.54) is 17.8 Å². The monoisotopic (exact) mass is 335 g/mol. The molecule has 1 aromatic heterocycles. The summed E-state index contributed by atoms with van der Waals surface area (Å²) >= 11 is 10.9. The zero-order valence-electron chi connectivity index (χ0n) is 9.47. The third kappa shape index (κ3) is 3.24. The van der Waals surface area contributed by atoms with Crippen LogP contribution in [0.15, 0.2) is 15.2 Å². The van der Waals surface area contributed by atoms with Crippen LogP contribution in [0.2, 0.25) is 0 Å². The Bertz CT molecular complexity index is 401. The van der Waals surface area contributed by atoms with Gasteiger partial charge in [0.25, 0.3) is 5.91 Å². The third-order valence-corrected chi connectivity index (χ3v) is 5.29. The number of alkyl halides is 1. The maximum Gasteiger partial charge on any atom is 0.252 e. The normalized spacial score (nSPS) is 18.9. The lowest BCUT2D eigenvalue weighted by Gasteiger charge is -2.36. The molecule has 0 radical (unpaired) electrons. The number of carbonyl (C=O) groups is 1. The van der Waals surface area contributed by atoms with Crippen LogP contribution in [-0.4, -0.2) is 17.3 Å². The van der Waals surface area contributed by atoms with Crippen molar-refractivity contribution in [2.24, 2.45) is 0 Å². The van der Waals surface area contributed by atoms with E-state index in [0.29, 0.717) is 5.88 Å². The molecule has 0 unspecified atom stereocenters. The van der Waals surface area contributed by atoms with E-state index in [2.05, 4.69) is 21.2 Å². The number of nitrogens with one attached hydrogen (secondary N) is 1. The third-order valence-electron chi connectivity index (χ3n) is 3.27. The summed E-state index contributed by atoms with van der Waals surface area (Å²) in [5, 5.41) is 4.99. The van der Waals surface area contributed by atoms with Gasteiger partial charge in [0.15, 0.2) is 0 Å². The zero-order chi connectivity index (χ0) is 12.3. The summed E-state index contributed by atoms with van der Waals surface area (Å²) in [6, 6.07) is 1.85. The Labute approximate surface area is 119 Å². The molecule has 1 saturated carbocycles. The smallest absolute Gasteiger partial charge is 0.252 e. The summed E-state index contributed by atoms with van der Waals surface area (Å²) in [6.45, 7) is 0. The Balaban J connectivity index is 2.05. The molecule has 1 heterocycles. The predicted octanol–water partition coefficient (Wildman–Crippen LogP) is 4.18. The van der Waals surface area contributed by atoms with Crippen LogP contribution in [0.25, 0.3) is 0 Å². The highest BCUT2D eigenvalue weighted by Crippen LogP contribution is 2.30. The number of rotatable bonds is 3. The molecular weight excluding hydrogens is 322 g/mol. The van der Waals surface area contributed by atoms with Gasteiger partial charge in [0.2, 0.25) is 0 Å². The maximum atomic E-state index is 12.1. The molecule has 2 nitrogen and oxygen atoms in total. The van der Waals surface area contributed by atoms with Gasteiger partial charge in [0, 0.05) is 11.3 Å². The molecular formula is C12H15BrClNOS. The first-order chi connectivity index (χ1) is 8.15. The second-order valence-electron chi connectivity index (χ2n) is 4.57. The summed E-state index contributed by atoms with van der Waals surface area (Å²) in [5.41, 5.74) is 0.530. The molecule has 0 atom stereocenters. The van der Waals surface area contributed by atoms with Crippen molar-refractivity contribution >= 4 is 44.8 Å². The van der Waals surface area contributed by atoms with Crippen molar-refractivity contribution in [3.63, 3.8) is 0 Å². The number of hydrogen-bond donors (Lipinski definition) is 1. The summed E-state index contributed by atoms with van der Waals surface area (Å²) in [6.07, 6.45) is 5.54. The number of carbonyl (C=O) groups excluding carboxylic acids is 1. The fraction of sp³-hybridized carbons (Fsp3) is 0.583. The number of hydrogen-bond acceptors (Lipinski definition) is 2. The van der Waals surface area contributed by atoms with Gasteiger partial charge in [-0.2, -0.15) is 0 Å². The minimum absolute atomic E-state index is 0.00509. The van der Waals surface area contributed by atoms with E-state index in [1.54, 1.807) is 0 Å². The van der Waals surface area contributed by atoms with E-state index in [4.69, 9.17) is 11.6 Å². The summed E-state index contributed by atoms with van der Waals surface area (Å²) < 4.78 is 0.978. The Morgan fingerprint density at radius 3 is 2.71 bits per heavy atom. The zero-order valence-corrected chi connectivity index (χ0v) is 12.6. The van der Waals surface area contributed by atoms with E-state index in [0.717, 1.165) is 35.0 Å². The number of thiophene rings is 1. The number of amides is 1. The first-order valence-corrected chi connectivity index (χ1v) is 7.98. The summed E-state index contributed by atoms with van der Waals surface area (Å²) in [4.78, 5) is 12.1. The van der Waals surface area contributed by atoms with Gasteiger partial charge in [-0.3, -0.25) is 4.79 Å². The van der Waals surface area contributed by atoms with E-state index in [-0.39, 0.29) is 11.4 Å². The number of halogens is 2. The highest BCUT2D eigenvalue weighted by atomic mass is 79.9. The second kappa shape index (κ2) is 5.72. The lowest BCUT2D eigenvalue weighted by molar-refractivity contribution is 0.0885. The molecule has 1 amide bonds. The van der Waals surface area contributed by atoms with Crippen molar-refractivity contribution in [2.75, 3.05) is 5.88 Å². The highest BCUT2D eigenvalue weighted by molar-refractivity contribution is 9.11. The van der Waals surface area contributed by atoms with Crippen LogP contribution in [-0.2, 0) is 0 Å². The minimum atomic E-state index is -0.189. The Hall–Kier alpha value is -0.0600. The lowest BCUT2D eigenvalue weighted by atomic mass is 9.83. The van der Waals surface area contributed by atoms with Gasteiger partial charge in [0.1, 0.15) is 0 Å². The lowest BCUT2D eigenvalue weighted by Crippen LogP contribution is -2.51. The van der Waals surface area contributed by atoms with Gasteiger partial charge in [-0.25, -0.2) is 0 Å². The fourth-order valence-electron chi connectivity index (χ4n) is 2.26. The van der Waals surface area contributed by atoms with Crippen molar-refractivity contribution in [1.82, 2.24) is 5.32 Å². The van der Waals surface area contributed by atoms with E-state index in [9.17, 15) is 4.79 Å². The average Bonchev–Trinajstić information content (AvgIpc) is 2.77. The quantitative estimate of drug-likeness (QED) is 0.824. The van der Waals surface area contributed by atoms with Gasteiger partial charge in [-0.1, -0.05) is 19.3 Å². The molecule has 2 rings (SSSR count). The van der Waals surface area contributed by atoms with Crippen LogP contribution in [0.4, 0.5) is 0 Å². The van der Waals surface area contributed by atoms with Gasteiger partial charge in [-0.15, -0.1) is 22.9 Å². The Morgan fingerprint density at radius 1 is 1.47 bits per heavy atom. The van der Waals surface area contributed by atoms with Crippen LogP contribution < -0.4 is 5.32 Å². The van der Waals surface area contributed by atoms with Crippen molar-refractivity contribution < 1.29 is 4.79 Å². The highest BCUT2D eigenvalue weighted by Gasteiger charge is 2.33. The van der Waals surface area contributed by atoms with Crippen LogP contribution in [0.1, 0.15) is 42.5 Å². The molecule has 1 aliphatic carbocycles. The minimum Gasteiger partial charge on any atom is -0.345 e. The topological polar surface area (TPSA) is 29.1 Å². The van der Waals surface area contributed by atoms with Gasteiger partial charge in [0.05, 0.1) is 14.9 Å². The largest absolute Gasteiger partial charge is 0.345 e. The van der Waals surface area contributed by atoms with Gasteiger partial charge in [-0.05, 0) is 34.8 Å². The molecule has 0 aliphatic heterocycles. The predicted molar refractivity (Wildman–Crippen MR) is 76.0 cm³/mol. The van der Waals surface area contributed by atoms with Gasteiger partial charge >= 0.3 is 0 Å². The first-order valence-electron chi connectivity index (χ1n) is 5.78. The molecule has 0 bridgehead atoms.